The van der Waals surface area contributed by atoms with Gasteiger partial charge >= 0.3 is 0 Å². The van der Waals surface area contributed by atoms with Crippen molar-refractivity contribution in [3.63, 3.8) is 0 Å². The Morgan fingerprint density at radius 1 is 1.32 bits per heavy atom. The van der Waals surface area contributed by atoms with Crippen LogP contribution in [0.3, 0.4) is 0 Å². The molecule has 1 saturated heterocycles. The molecule has 1 aliphatic rings. The second-order valence-electron chi connectivity index (χ2n) is 6.36. The first-order valence-electron chi connectivity index (χ1n) is 8.30. The minimum Gasteiger partial charge on any atom is -0.346 e. The van der Waals surface area contributed by atoms with Crippen LogP contribution < -0.4 is 15.8 Å². The number of aryl methyl sites for hydroxylation is 1. The number of rotatable bonds is 4. The Labute approximate surface area is 150 Å². The fourth-order valence-electron chi connectivity index (χ4n) is 2.76. The van der Waals surface area contributed by atoms with Crippen LogP contribution in [0, 0.1) is 13.8 Å². The topological polar surface area (TPSA) is 81.3 Å². The number of likely N-dealkylation sites (N-methyl/N-ethyl adjacent to an activating group) is 1. The van der Waals surface area contributed by atoms with Crippen LogP contribution in [0.25, 0.3) is 0 Å². The first kappa shape index (κ1) is 17.6. The van der Waals surface area contributed by atoms with Crippen LogP contribution in [-0.4, -0.2) is 54.0 Å². The lowest BCUT2D eigenvalue weighted by molar-refractivity contribution is 0.0950. The van der Waals surface area contributed by atoms with E-state index >= 15 is 0 Å². The van der Waals surface area contributed by atoms with Crippen molar-refractivity contribution in [1.29, 1.82) is 0 Å². The molecule has 0 atom stereocenters. The maximum absolute atomic E-state index is 12.3. The molecule has 25 heavy (non-hydrogen) atoms. The molecule has 1 fully saturated rings. The highest BCUT2D eigenvalue weighted by Crippen LogP contribution is 2.20. The van der Waals surface area contributed by atoms with Gasteiger partial charge in [-0.3, -0.25) is 14.6 Å². The first-order chi connectivity index (χ1) is 11.9. The average Bonchev–Trinajstić information content (AvgIpc) is 2.92. The van der Waals surface area contributed by atoms with Crippen molar-refractivity contribution in [1.82, 2.24) is 20.2 Å². The van der Waals surface area contributed by atoms with E-state index in [2.05, 4.69) is 32.1 Å². The molecule has 7 nitrogen and oxygen atoms in total. The minimum atomic E-state index is -0.198. The van der Waals surface area contributed by atoms with E-state index in [1.54, 1.807) is 11.3 Å². The van der Waals surface area contributed by atoms with Gasteiger partial charge in [0.15, 0.2) is 0 Å². The summed E-state index contributed by atoms with van der Waals surface area (Å²) in [5.74, 6) is 0.442. The van der Waals surface area contributed by atoms with Gasteiger partial charge in [-0.15, -0.1) is 11.3 Å². The Bertz CT molecular complexity index is 821. The monoisotopic (exact) mass is 361 g/mol. The van der Waals surface area contributed by atoms with Crippen LogP contribution in [0.4, 0.5) is 5.95 Å². The number of hydrogen-bond donors (Lipinski definition) is 2. The molecule has 134 valence electrons. The number of anilines is 1. The summed E-state index contributed by atoms with van der Waals surface area (Å²) in [4.78, 5) is 37.0. The maximum Gasteiger partial charge on any atom is 0.252 e. The molecule has 0 aromatic carbocycles. The van der Waals surface area contributed by atoms with E-state index in [4.69, 9.17) is 0 Å². The maximum atomic E-state index is 12.3. The van der Waals surface area contributed by atoms with Gasteiger partial charge in [0.25, 0.3) is 11.5 Å². The summed E-state index contributed by atoms with van der Waals surface area (Å²) in [5, 5.41) is 4.72. The summed E-state index contributed by atoms with van der Waals surface area (Å²) in [6.45, 7) is 7.68. The molecule has 0 unspecified atom stereocenters. The second-order valence-corrected chi connectivity index (χ2v) is 7.45. The predicted octanol–water partition coefficient (Wildman–Crippen LogP) is 1.13. The molecule has 3 heterocycles. The summed E-state index contributed by atoms with van der Waals surface area (Å²) in [6.07, 6.45) is 0. The zero-order valence-electron chi connectivity index (χ0n) is 14.8. The normalized spacial score (nSPS) is 15.4. The standard InChI is InChI=1S/C17H23N5O2S/c1-11-12(2)25-10-14(11)16(24)18-9-13-8-15(23)20-17(19-13)22-6-4-21(3)5-7-22/h8,10H,4-7,9H2,1-3H3,(H,18,24)(H,19,20,23). The summed E-state index contributed by atoms with van der Waals surface area (Å²) in [7, 11) is 2.08. The van der Waals surface area contributed by atoms with Crippen molar-refractivity contribution < 1.29 is 4.79 Å². The number of hydrogen-bond acceptors (Lipinski definition) is 6. The Hall–Kier alpha value is -2.19. The summed E-state index contributed by atoms with van der Waals surface area (Å²) < 4.78 is 0. The third kappa shape index (κ3) is 4.08. The Morgan fingerprint density at radius 2 is 2.04 bits per heavy atom. The minimum absolute atomic E-state index is 0.134. The van der Waals surface area contributed by atoms with Crippen molar-refractivity contribution in [2.75, 3.05) is 38.1 Å². The van der Waals surface area contributed by atoms with Crippen molar-refractivity contribution >= 4 is 23.2 Å². The van der Waals surface area contributed by atoms with Gasteiger partial charge in [0.1, 0.15) is 0 Å². The lowest BCUT2D eigenvalue weighted by atomic mass is 10.1. The van der Waals surface area contributed by atoms with Crippen molar-refractivity contribution in [3.8, 4) is 0 Å². The van der Waals surface area contributed by atoms with E-state index < -0.39 is 0 Å². The highest BCUT2D eigenvalue weighted by atomic mass is 32.1. The van der Waals surface area contributed by atoms with Crippen LogP contribution in [0.5, 0.6) is 0 Å². The van der Waals surface area contributed by atoms with Gasteiger partial charge in [0, 0.05) is 42.5 Å². The highest BCUT2D eigenvalue weighted by Gasteiger charge is 2.17. The molecular weight excluding hydrogens is 338 g/mol. The third-order valence-corrected chi connectivity index (χ3v) is 5.56. The third-order valence-electron chi connectivity index (χ3n) is 4.55. The number of H-pyrrole nitrogens is 1. The smallest absolute Gasteiger partial charge is 0.252 e. The molecular formula is C17H23N5O2S. The molecule has 2 aromatic heterocycles. The predicted molar refractivity (Wildman–Crippen MR) is 99.5 cm³/mol. The van der Waals surface area contributed by atoms with E-state index in [0.29, 0.717) is 17.2 Å². The molecule has 0 bridgehead atoms. The molecule has 1 amide bonds. The fraction of sp³-hybridized carbons (Fsp3) is 0.471. The molecule has 0 radical (unpaired) electrons. The number of carbonyl (C=O) groups excluding carboxylic acids is 1. The van der Waals surface area contributed by atoms with Gasteiger partial charge in [-0.25, -0.2) is 4.98 Å². The van der Waals surface area contributed by atoms with Crippen molar-refractivity contribution in [3.05, 3.63) is 43.5 Å². The van der Waals surface area contributed by atoms with Gasteiger partial charge in [-0.05, 0) is 26.5 Å². The van der Waals surface area contributed by atoms with Crippen molar-refractivity contribution in [2.24, 2.45) is 0 Å². The number of nitrogens with one attached hydrogen (secondary N) is 2. The summed E-state index contributed by atoms with van der Waals surface area (Å²) in [5.41, 5.74) is 2.05. The van der Waals surface area contributed by atoms with E-state index in [0.717, 1.165) is 36.6 Å². The number of nitrogens with zero attached hydrogens (tertiary/aromatic N) is 3. The van der Waals surface area contributed by atoms with E-state index in [9.17, 15) is 9.59 Å². The number of thiophene rings is 1. The zero-order valence-corrected chi connectivity index (χ0v) is 15.6. The van der Waals surface area contributed by atoms with Gasteiger partial charge in [0.05, 0.1) is 17.8 Å². The zero-order chi connectivity index (χ0) is 18.0. The number of aromatic nitrogens is 2. The van der Waals surface area contributed by atoms with Crippen molar-refractivity contribution in [2.45, 2.75) is 20.4 Å². The number of amides is 1. The number of piperazine rings is 1. The van der Waals surface area contributed by atoms with Crippen LogP contribution in [0.1, 0.15) is 26.5 Å². The van der Waals surface area contributed by atoms with Gasteiger partial charge in [-0.2, -0.15) is 0 Å². The molecule has 2 N–H and O–H groups in total. The molecule has 3 rings (SSSR count). The second kappa shape index (κ2) is 7.37. The van der Waals surface area contributed by atoms with Gasteiger partial charge < -0.3 is 15.1 Å². The molecule has 2 aromatic rings. The Kier molecular flexibility index (Phi) is 5.19. The fourth-order valence-corrected chi connectivity index (χ4v) is 3.62. The lowest BCUT2D eigenvalue weighted by Crippen LogP contribution is -2.45. The number of aromatic amines is 1. The average molecular weight is 361 g/mol. The van der Waals surface area contributed by atoms with Crippen LogP contribution in [0.2, 0.25) is 0 Å². The highest BCUT2D eigenvalue weighted by molar-refractivity contribution is 7.10. The Balaban J connectivity index is 1.69. The summed E-state index contributed by atoms with van der Waals surface area (Å²) in [6, 6.07) is 1.44. The van der Waals surface area contributed by atoms with E-state index in [1.807, 2.05) is 19.2 Å². The molecule has 0 saturated carbocycles. The SMILES string of the molecule is Cc1scc(C(=O)NCc2cc(=O)[nH]c(N3CCN(C)CC3)n2)c1C. The van der Waals surface area contributed by atoms with Gasteiger partial charge in [-0.1, -0.05) is 0 Å². The first-order valence-corrected chi connectivity index (χ1v) is 9.18. The quantitative estimate of drug-likeness (QED) is 0.853. The molecule has 0 aliphatic carbocycles. The van der Waals surface area contributed by atoms with E-state index in [1.165, 1.54) is 6.07 Å². The number of carbonyl (C=O) groups is 1. The van der Waals surface area contributed by atoms with Crippen LogP contribution in [-0.2, 0) is 6.54 Å². The molecule has 8 heteroatoms. The van der Waals surface area contributed by atoms with E-state index in [-0.39, 0.29) is 18.0 Å². The molecule has 1 aliphatic heterocycles. The summed E-state index contributed by atoms with van der Waals surface area (Å²) >= 11 is 1.56. The van der Waals surface area contributed by atoms with Crippen LogP contribution in [0.15, 0.2) is 16.2 Å². The van der Waals surface area contributed by atoms with Crippen LogP contribution >= 0.6 is 11.3 Å². The lowest BCUT2D eigenvalue weighted by Gasteiger charge is -2.32. The Morgan fingerprint density at radius 3 is 2.68 bits per heavy atom. The molecule has 0 spiro atoms. The van der Waals surface area contributed by atoms with Gasteiger partial charge in [0.2, 0.25) is 5.95 Å². The largest absolute Gasteiger partial charge is 0.346 e.